The van der Waals surface area contributed by atoms with E-state index in [1.54, 1.807) is 19.5 Å². The summed E-state index contributed by atoms with van der Waals surface area (Å²) < 4.78 is 9.29. The molecule has 158 valence electrons. The molecule has 3 aromatic rings. The molecule has 0 radical (unpaired) electrons. The summed E-state index contributed by atoms with van der Waals surface area (Å²) in [5.74, 6) is 1.06. The standard InChI is InChI=1S/C23H24N6O2/c1-15-10-17(16(2)29(15)20-6-8-21(31-3)9-7-20)11-18(12-24)23(30)25-13-22-27-26-14-28(22)19-4-5-19/h6-11,14,19H,4-5,13H2,1-3H3,(H,25,30)/b18-11-. The summed E-state index contributed by atoms with van der Waals surface area (Å²) in [6, 6.07) is 12.2. The molecular weight excluding hydrogens is 392 g/mol. The van der Waals surface area contributed by atoms with Crippen molar-refractivity contribution in [1.82, 2.24) is 24.6 Å². The Morgan fingerprint density at radius 2 is 2.06 bits per heavy atom. The van der Waals surface area contributed by atoms with Gasteiger partial charge in [0.05, 0.1) is 13.7 Å². The summed E-state index contributed by atoms with van der Waals surface area (Å²) in [6.45, 7) is 4.19. The SMILES string of the molecule is COc1ccc(-n2c(C)cc(/C=C(/C#N)C(=O)NCc3nncn3C3CC3)c2C)cc1. The van der Waals surface area contributed by atoms with Crippen LogP contribution in [0.5, 0.6) is 5.75 Å². The molecule has 0 spiro atoms. The van der Waals surface area contributed by atoms with Gasteiger partial charge in [0, 0.05) is 23.1 Å². The van der Waals surface area contributed by atoms with Crippen LogP contribution in [0, 0.1) is 25.2 Å². The maximum Gasteiger partial charge on any atom is 0.262 e. The highest BCUT2D eigenvalue weighted by molar-refractivity contribution is 6.01. The van der Waals surface area contributed by atoms with Crippen molar-refractivity contribution in [3.05, 3.63) is 65.0 Å². The van der Waals surface area contributed by atoms with E-state index in [0.717, 1.165) is 41.2 Å². The molecule has 1 aliphatic rings. The van der Waals surface area contributed by atoms with Crippen molar-refractivity contribution in [2.24, 2.45) is 0 Å². The van der Waals surface area contributed by atoms with Gasteiger partial charge in [0.25, 0.3) is 5.91 Å². The molecule has 2 heterocycles. The van der Waals surface area contributed by atoms with E-state index < -0.39 is 5.91 Å². The number of nitrogens with zero attached hydrogens (tertiary/aromatic N) is 5. The van der Waals surface area contributed by atoms with Crippen LogP contribution in [0.25, 0.3) is 11.8 Å². The molecule has 4 rings (SSSR count). The molecule has 0 atom stereocenters. The zero-order chi connectivity index (χ0) is 22.0. The smallest absolute Gasteiger partial charge is 0.262 e. The van der Waals surface area contributed by atoms with Crippen LogP contribution in [0.3, 0.4) is 0 Å². The lowest BCUT2D eigenvalue weighted by molar-refractivity contribution is -0.117. The zero-order valence-electron chi connectivity index (χ0n) is 17.8. The third-order valence-electron chi connectivity index (χ3n) is 5.46. The highest BCUT2D eigenvalue weighted by Gasteiger charge is 2.26. The van der Waals surface area contributed by atoms with E-state index in [0.29, 0.717) is 11.9 Å². The number of rotatable bonds is 7. The second-order valence-corrected chi connectivity index (χ2v) is 7.60. The predicted molar refractivity (Wildman–Crippen MR) is 116 cm³/mol. The van der Waals surface area contributed by atoms with Gasteiger partial charge in [-0.05, 0) is 68.7 Å². The van der Waals surface area contributed by atoms with Crippen molar-refractivity contribution in [1.29, 1.82) is 5.26 Å². The van der Waals surface area contributed by atoms with Crippen molar-refractivity contribution in [3.63, 3.8) is 0 Å². The fourth-order valence-electron chi connectivity index (χ4n) is 3.67. The monoisotopic (exact) mass is 416 g/mol. The van der Waals surface area contributed by atoms with Gasteiger partial charge in [0.1, 0.15) is 23.7 Å². The Balaban J connectivity index is 1.53. The first-order chi connectivity index (χ1) is 15.0. The van der Waals surface area contributed by atoms with Gasteiger partial charge in [-0.15, -0.1) is 10.2 Å². The maximum absolute atomic E-state index is 12.6. The zero-order valence-corrected chi connectivity index (χ0v) is 17.8. The number of amides is 1. The van der Waals surface area contributed by atoms with E-state index in [1.807, 2.05) is 54.8 Å². The molecule has 1 aliphatic carbocycles. The van der Waals surface area contributed by atoms with E-state index in [1.165, 1.54) is 0 Å². The van der Waals surface area contributed by atoms with E-state index in [2.05, 4.69) is 20.1 Å². The summed E-state index contributed by atoms with van der Waals surface area (Å²) >= 11 is 0. The minimum Gasteiger partial charge on any atom is -0.497 e. The molecule has 1 N–H and O–H groups in total. The van der Waals surface area contributed by atoms with Crippen molar-refractivity contribution in [3.8, 4) is 17.5 Å². The number of aromatic nitrogens is 4. The Morgan fingerprint density at radius 3 is 2.71 bits per heavy atom. The number of nitriles is 1. The van der Waals surface area contributed by atoms with Crippen LogP contribution in [0.15, 0.2) is 42.2 Å². The molecule has 1 saturated carbocycles. The molecule has 0 aliphatic heterocycles. The Hall–Kier alpha value is -3.86. The fourth-order valence-corrected chi connectivity index (χ4v) is 3.67. The number of benzene rings is 1. The molecule has 0 saturated heterocycles. The third-order valence-corrected chi connectivity index (χ3v) is 5.46. The minimum absolute atomic E-state index is 0.0486. The molecule has 8 heteroatoms. The van der Waals surface area contributed by atoms with Crippen molar-refractivity contribution in [2.45, 2.75) is 39.3 Å². The topological polar surface area (TPSA) is 97.8 Å². The summed E-state index contributed by atoms with van der Waals surface area (Å²) in [5.41, 5.74) is 3.80. The first kappa shape index (κ1) is 20.4. The van der Waals surface area contributed by atoms with Gasteiger partial charge in [0.15, 0.2) is 5.82 Å². The van der Waals surface area contributed by atoms with Crippen LogP contribution in [0.1, 0.15) is 41.7 Å². The molecule has 0 unspecified atom stereocenters. The molecule has 0 bridgehead atoms. The highest BCUT2D eigenvalue weighted by Crippen LogP contribution is 2.35. The fraction of sp³-hybridized carbons (Fsp3) is 0.304. The predicted octanol–water partition coefficient (Wildman–Crippen LogP) is 3.25. The second-order valence-electron chi connectivity index (χ2n) is 7.60. The van der Waals surface area contributed by atoms with Crippen molar-refractivity contribution >= 4 is 12.0 Å². The number of hydrogen-bond donors (Lipinski definition) is 1. The van der Waals surface area contributed by atoms with Crippen LogP contribution >= 0.6 is 0 Å². The molecular formula is C23H24N6O2. The maximum atomic E-state index is 12.6. The number of methoxy groups -OCH3 is 1. The van der Waals surface area contributed by atoms with Crippen molar-refractivity contribution in [2.75, 3.05) is 7.11 Å². The summed E-state index contributed by atoms with van der Waals surface area (Å²) in [6.07, 6.45) is 5.52. The average Bonchev–Trinajstić information content (AvgIpc) is 3.45. The van der Waals surface area contributed by atoms with E-state index >= 15 is 0 Å². The Labute approximate surface area is 180 Å². The lowest BCUT2D eigenvalue weighted by Gasteiger charge is -2.10. The molecule has 31 heavy (non-hydrogen) atoms. The first-order valence-corrected chi connectivity index (χ1v) is 10.1. The van der Waals surface area contributed by atoms with Crippen LogP contribution in [-0.2, 0) is 11.3 Å². The van der Waals surface area contributed by atoms with E-state index in [4.69, 9.17) is 4.74 Å². The van der Waals surface area contributed by atoms with Crippen LogP contribution in [-0.4, -0.2) is 32.3 Å². The normalized spacial score (nSPS) is 13.7. The number of carbonyl (C=O) groups excluding carboxylic acids is 1. The Morgan fingerprint density at radius 1 is 1.32 bits per heavy atom. The van der Waals surface area contributed by atoms with Gasteiger partial charge in [-0.1, -0.05) is 0 Å². The summed E-state index contributed by atoms with van der Waals surface area (Å²) in [5, 5.41) is 20.4. The number of hydrogen-bond acceptors (Lipinski definition) is 5. The molecule has 2 aromatic heterocycles. The van der Waals surface area contributed by atoms with Crippen molar-refractivity contribution < 1.29 is 9.53 Å². The highest BCUT2D eigenvalue weighted by atomic mass is 16.5. The van der Waals surface area contributed by atoms with Gasteiger partial charge in [-0.2, -0.15) is 5.26 Å². The quantitative estimate of drug-likeness (QED) is 0.471. The van der Waals surface area contributed by atoms with Crippen LogP contribution in [0.2, 0.25) is 0 Å². The van der Waals surface area contributed by atoms with Gasteiger partial charge in [-0.3, -0.25) is 4.79 Å². The molecule has 1 amide bonds. The minimum atomic E-state index is -0.429. The second kappa shape index (κ2) is 8.48. The molecule has 8 nitrogen and oxygen atoms in total. The number of ether oxygens (including phenoxy) is 1. The number of carbonyl (C=O) groups is 1. The third kappa shape index (κ3) is 4.21. The number of aryl methyl sites for hydroxylation is 1. The Kier molecular flexibility index (Phi) is 5.58. The summed E-state index contributed by atoms with van der Waals surface area (Å²) in [4.78, 5) is 12.6. The van der Waals surface area contributed by atoms with E-state index in [-0.39, 0.29) is 12.1 Å². The average molecular weight is 416 g/mol. The van der Waals surface area contributed by atoms with E-state index in [9.17, 15) is 10.1 Å². The van der Waals surface area contributed by atoms with Gasteiger partial charge in [0.2, 0.25) is 0 Å². The first-order valence-electron chi connectivity index (χ1n) is 10.1. The van der Waals surface area contributed by atoms with Crippen LogP contribution < -0.4 is 10.1 Å². The largest absolute Gasteiger partial charge is 0.497 e. The summed E-state index contributed by atoms with van der Waals surface area (Å²) in [7, 11) is 1.63. The van der Waals surface area contributed by atoms with Crippen LogP contribution in [0.4, 0.5) is 0 Å². The lowest BCUT2D eigenvalue weighted by atomic mass is 10.1. The van der Waals surface area contributed by atoms with Gasteiger partial charge in [-0.25, -0.2) is 0 Å². The van der Waals surface area contributed by atoms with Gasteiger partial charge >= 0.3 is 0 Å². The molecule has 1 fully saturated rings. The molecule has 1 aromatic carbocycles. The Bertz CT molecular complexity index is 1180. The van der Waals surface area contributed by atoms with Gasteiger partial charge < -0.3 is 19.2 Å². The number of nitrogens with one attached hydrogen (secondary N) is 1. The lowest BCUT2D eigenvalue weighted by Crippen LogP contribution is -2.25.